The van der Waals surface area contributed by atoms with Gasteiger partial charge in [0.05, 0.1) is 13.2 Å². The quantitative estimate of drug-likeness (QED) is 0.446. The lowest BCUT2D eigenvalue weighted by Crippen LogP contribution is -2.24. The van der Waals surface area contributed by atoms with Crippen LogP contribution in [-0.2, 0) is 4.74 Å². The van der Waals surface area contributed by atoms with Crippen LogP contribution in [0.4, 0.5) is 0 Å². The number of hydrogen-bond acceptors (Lipinski definition) is 3. The molecular weight excluding hydrogens is 176 g/mol. The van der Waals surface area contributed by atoms with Crippen LogP contribution in [0.25, 0.3) is 0 Å². The molecule has 0 saturated carbocycles. The lowest BCUT2D eigenvalue weighted by molar-refractivity contribution is 0.163. The predicted octanol–water partition coefficient (Wildman–Crippen LogP) is 1.12. The molecule has 0 amide bonds. The van der Waals surface area contributed by atoms with Gasteiger partial charge in [0.2, 0.25) is 0 Å². The zero-order valence-electron chi connectivity index (χ0n) is 9.75. The third-order valence-corrected chi connectivity index (χ3v) is 1.83. The predicted molar refractivity (Wildman–Crippen MR) is 61.7 cm³/mol. The fraction of sp³-hybridized carbons (Fsp3) is 0.818. The van der Waals surface area contributed by atoms with E-state index in [0.717, 1.165) is 32.8 Å². The average molecular weight is 200 g/mol. The molecule has 84 valence electrons. The Morgan fingerprint density at radius 3 is 2.71 bits per heavy atom. The summed E-state index contributed by atoms with van der Waals surface area (Å²) in [6.07, 6.45) is 5.22. The molecule has 14 heavy (non-hydrogen) atoms. The minimum absolute atomic E-state index is 0.732. The second kappa shape index (κ2) is 10.7. The molecule has 0 radical (unpaired) electrons. The van der Waals surface area contributed by atoms with Crippen molar-refractivity contribution in [2.75, 3.05) is 46.9 Å². The molecule has 0 bridgehead atoms. The van der Waals surface area contributed by atoms with Gasteiger partial charge < -0.3 is 15.0 Å². The van der Waals surface area contributed by atoms with Gasteiger partial charge in [-0.15, -0.1) is 0 Å². The van der Waals surface area contributed by atoms with Crippen LogP contribution in [0, 0.1) is 0 Å². The zero-order valence-corrected chi connectivity index (χ0v) is 9.75. The van der Waals surface area contributed by atoms with E-state index in [9.17, 15) is 0 Å². The maximum Gasteiger partial charge on any atom is 0.0647 e. The molecule has 0 rings (SSSR count). The summed E-state index contributed by atoms with van der Waals surface area (Å²) >= 11 is 0. The number of hydrogen-bond donors (Lipinski definition) is 1. The topological polar surface area (TPSA) is 24.5 Å². The van der Waals surface area contributed by atoms with Gasteiger partial charge in [-0.1, -0.05) is 12.2 Å². The number of allylic oxidation sites excluding steroid dienone is 1. The summed E-state index contributed by atoms with van der Waals surface area (Å²) in [5.41, 5.74) is 0. The lowest BCUT2D eigenvalue weighted by Gasteiger charge is -2.09. The van der Waals surface area contributed by atoms with Crippen LogP contribution in [-0.4, -0.2) is 51.8 Å². The monoisotopic (exact) mass is 200 g/mol. The highest BCUT2D eigenvalue weighted by Crippen LogP contribution is 1.81. The van der Waals surface area contributed by atoms with Crippen molar-refractivity contribution >= 4 is 0 Å². The highest BCUT2D eigenvalue weighted by molar-refractivity contribution is 4.75. The van der Waals surface area contributed by atoms with Crippen molar-refractivity contribution in [3.63, 3.8) is 0 Å². The SMILES string of the molecule is CC=CCOCCNCCCN(C)C. The first kappa shape index (κ1) is 13.6. The van der Waals surface area contributed by atoms with E-state index in [-0.39, 0.29) is 0 Å². The molecule has 3 nitrogen and oxygen atoms in total. The normalized spacial score (nSPS) is 11.7. The van der Waals surface area contributed by atoms with E-state index in [1.54, 1.807) is 0 Å². The Morgan fingerprint density at radius 1 is 1.29 bits per heavy atom. The Kier molecular flexibility index (Phi) is 10.4. The van der Waals surface area contributed by atoms with Crippen molar-refractivity contribution in [1.29, 1.82) is 0 Å². The Hall–Kier alpha value is -0.380. The summed E-state index contributed by atoms with van der Waals surface area (Å²) in [5, 5.41) is 3.34. The minimum atomic E-state index is 0.732. The van der Waals surface area contributed by atoms with Gasteiger partial charge in [0.1, 0.15) is 0 Å². The molecule has 0 aromatic carbocycles. The molecule has 0 aliphatic rings. The third-order valence-electron chi connectivity index (χ3n) is 1.83. The van der Waals surface area contributed by atoms with Gasteiger partial charge in [0, 0.05) is 6.54 Å². The Bertz CT molecular complexity index is 135. The maximum atomic E-state index is 5.34. The van der Waals surface area contributed by atoms with E-state index in [2.05, 4.69) is 24.3 Å². The first-order valence-electron chi connectivity index (χ1n) is 5.31. The Labute approximate surface area is 88.1 Å². The van der Waals surface area contributed by atoms with Crippen molar-refractivity contribution in [2.24, 2.45) is 0 Å². The standard InChI is InChI=1S/C11H24N2O/c1-4-5-10-14-11-8-12-7-6-9-13(2)3/h4-5,12H,6-11H2,1-3H3. The molecule has 0 heterocycles. The van der Waals surface area contributed by atoms with Crippen LogP contribution in [0.2, 0.25) is 0 Å². The van der Waals surface area contributed by atoms with Gasteiger partial charge in [-0.05, 0) is 40.5 Å². The summed E-state index contributed by atoms with van der Waals surface area (Å²) in [7, 11) is 4.19. The molecule has 0 aromatic rings. The smallest absolute Gasteiger partial charge is 0.0647 e. The fourth-order valence-corrected chi connectivity index (χ4v) is 1.04. The third kappa shape index (κ3) is 11.6. The first-order valence-corrected chi connectivity index (χ1v) is 5.31. The Balaban J connectivity index is 2.92. The molecule has 0 aliphatic heterocycles. The van der Waals surface area contributed by atoms with Crippen molar-refractivity contribution in [3.8, 4) is 0 Å². The van der Waals surface area contributed by atoms with Gasteiger partial charge in [0.25, 0.3) is 0 Å². The Morgan fingerprint density at radius 2 is 2.07 bits per heavy atom. The van der Waals surface area contributed by atoms with E-state index >= 15 is 0 Å². The fourth-order valence-electron chi connectivity index (χ4n) is 1.04. The summed E-state index contributed by atoms with van der Waals surface area (Å²) in [5.74, 6) is 0. The molecule has 1 N–H and O–H groups in total. The van der Waals surface area contributed by atoms with Crippen LogP contribution >= 0.6 is 0 Å². The molecule has 0 unspecified atom stereocenters. The van der Waals surface area contributed by atoms with Gasteiger partial charge in [-0.2, -0.15) is 0 Å². The van der Waals surface area contributed by atoms with Crippen molar-refractivity contribution in [2.45, 2.75) is 13.3 Å². The van der Waals surface area contributed by atoms with E-state index in [0.29, 0.717) is 0 Å². The summed E-state index contributed by atoms with van der Waals surface area (Å²) < 4.78 is 5.34. The van der Waals surface area contributed by atoms with Crippen molar-refractivity contribution in [3.05, 3.63) is 12.2 Å². The summed E-state index contributed by atoms with van der Waals surface area (Å²) in [6.45, 7) is 6.70. The van der Waals surface area contributed by atoms with Crippen LogP contribution in [0.1, 0.15) is 13.3 Å². The van der Waals surface area contributed by atoms with Crippen molar-refractivity contribution in [1.82, 2.24) is 10.2 Å². The maximum absolute atomic E-state index is 5.34. The summed E-state index contributed by atoms with van der Waals surface area (Å²) in [4.78, 5) is 2.20. The first-order chi connectivity index (χ1) is 6.77. The van der Waals surface area contributed by atoms with E-state index in [1.165, 1.54) is 6.42 Å². The number of rotatable bonds is 9. The lowest BCUT2D eigenvalue weighted by atomic mass is 10.4. The largest absolute Gasteiger partial charge is 0.376 e. The molecule has 3 heteroatoms. The van der Waals surface area contributed by atoms with Crippen LogP contribution in [0.3, 0.4) is 0 Å². The van der Waals surface area contributed by atoms with E-state index in [1.807, 2.05) is 19.1 Å². The van der Waals surface area contributed by atoms with Crippen LogP contribution in [0.15, 0.2) is 12.2 Å². The highest BCUT2D eigenvalue weighted by atomic mass is 16.5. The summed E-state index contributed by atoms with van der Waals surface area (Å²) in [6, 6.07) is 0. The molecule has 0 aliphatic carbocycles. The van der Waals surface area contributed by atoms with Gasteiger partial charge in [0.15, 0.2) is 0 Å². The van der Waals surface area contributed by atoms with E-state index < -0.39 is 0 Å². The molecule has 0 spiro atoms. The molecular formula is C11H24N2O. The van der Waals surface area contributed by atoms with Gasteiger partial charge >= 0.3 is 0 Å². The van der Waals surface area contributed by atoms with Gasteiger partial charge in [-0.25, -0.2) is 0 Å². The number of nitrogens with one attached hydrogen (secondary N) is 1. The average Bonchev–Trinajstić information content (AvgIpc) is 2.15. The van der Waals surface area contributed by atoms with Crippen LogP contribution < -0.4 is 5.32 Å². The second-order valence-electron chi connectivity index (χ2n) is 3.55. The zero-order chi connectivity index (χ0) is 10.6. The number of nitrogens with zero attached hydrogens (tertiary/aromatic N) is 1. The van der Waals surface area contributed by atoms with E-state index in [4.69, 9.17) is 4.74 Å². The molecule has 0 atom stereocenters. The number of ether oxygens (including phenoxy) is 1. The molecule has 0 aromatic heterocycles. The van der Waals surface area contributed by atoms with Crippen molar-refractivity contribution < 1.29 is 4.74 Å². The van der Waals surface area contributed by atoms with Crippen LogP contribution in [0.5, 0.6) is 0 Å². The molecule has 0 saturated heterocycles. The second-order valence-corrected chi connectivity index (χ2v) is 3.55. The highest BCUT2D eigenvalue weighted by Gasteiger charge is 1.90. The molecule has 0 fully saturated rings. The minimum Gasteiger partial charge on any atom is -0.376 e. The van der Waals surface area contributed by atoms with Gasteiger partial charge in [-0.3, -0.25) is 0 Å².